The second kappa shape index (κ2) is 5.90. The average Bonchev–Trinajstić information content (AvgIpc) is 2.72. The summed E-state index contributed by atoms with van der Waals surface area (Å²) in [7, 11) is 0. The first-order valence-electron chi connectivity index (χ1n) is 6.69. The largest absolute Gasteiger partial charge is 0.464 e. The highest BCUT2D eigenvalue weighted by Crippen LogP contribution is 2.25. The van der Waals surface area contributed by atoms with Gasteiger partial charge < -0.3 is 14.2 Å². The van der Waals surface area contributed by atoms with Crippen LogP contribution >= 0.6 is 0 Å². The van der Waals surface area contributed by atoms with Crippen LogP contribution in [0.15, 0.2) is 0 Å². The first kappa shape index (κ1) is 16.0. The van der Waals surface area contributed by atoms with Crippen molar-refractivity contribution in [2.45, 2.75) is 59.2 Å². The van der Waals surface area contributed by atoms with Crippen molar-refractivity contribution in [2.24, 2.45) is 5.41 Å². The Hall–Kier alpha value is -1.10. The van der Waals surface area contributed by atoms with Gasteiger partial charge in [0.2, 0.25) is 0 Å². The van der Waals surface area contributed by atoms with E-state index >= 15 is 0 Å². The van der Waals surface area contributed by atoms with Crippen LogP contribution < -0.4 is 0 Å². The van der Waals surface area contributed by atoms with Crippen LogP contribution in [-0.4, -0.2) is 36.9 Å². The molecule has 0 spiro atoms. The molecule has 19 heavy (non-hydrogen) atoms. The molecule has 0 aliphatic carbocycles. The van der Waals surface area contributed by atoms with Crippen molar-refractivity contribution in [3.63, 3.8) is 0 Å². The lowest BCUT2D eigenvalue weighted by Crippen LogP contribution is -2.40. The Balaban J connectivity index is 2.47. The minimum absolute atomic E-state index is 0.179. The SMILES string of the molecule is CCC(C)(C)C(=O)OC(C)(C)COC1CCOC1=O. The van der Waals surface area contributed by atoms with E-state index in [4.69, 9.17) is 14.2 Å². The molecule has 1 aliphatic heterocycles. The summed E-state index contributed by atoms with van der Waals surface area (Å²) in [5.41, 5.74) is -1.27. The van der Waals surface area contributed by atoms with Crippen molar-refractivity contribution in [3.8, 4) is 0 Å². The number of hydrogen-bond donors (Lipinski definition) is 0. The number of carbonyl (C=O) groups excluding carboxylic acids is 2. The lowest BCUT2D eigenvalue weighted by Gasteiger charge is -2.30. The molecule has 0 aromatic carbocycles. The molecular formula is C14H24O5. The summed E-state index contributed by atoms with van der Waals surface area (Å²) in [6.07, 6.45) is 0.735. The van der Waals surface area contributed by atoms with Crippen molar-refractivity contribution in [3.05, 3.63) is 0 Å². The highest BCUT2D eigenvalue weighted by molar-refractivity contribution is 5.76. The molecule has 1 saturated heterocycles. The standard InChI is InChI=1S/C14H24O5/c1-6-13(2,3)12(16)19-14(4,5)9-18-10-7-8-17-11(10)15/h10H,6-9H2,1-5H3. The fraction of sp³-hybridized carbons (Fsp3) is 0.857. The molecule has 0 N–H and O–H groups in total. The van der Waals surface area contributed by atoms with E-state index in [1.807, 2.05) is 20.8 Å². The maximum atomic E-state index is 12.0. The molecule has 0 amide bonds. The van der Waals surface area contributed by atoms with E-state index in [0.717, 1.165) is 0 Å². The quantitative estimate of drug-likeness (QED) is 0.693. The van der Waals surface area contributed by atoms with Crippen molar-refractivity contribution < 1.29 is 23.8 Å². The molecule has 1 rings (SSSR count). The highest BCUT2D eigenvalue weighted by Gasteiger charge is 2.35. The minimum Gasteiger partial charge on any atom is -0.464 e. The van der Waals surface area contributed by atoms with Crippen molar-refractivity contribution in [1.29, 1.82) is 0 Å². The van der Waals surface area contributed by atoms with Gasteiger partial charge in [0.1, 0.15) is 5.60 Å². The Morgan fingerprint density at radius 1 is 1.37 bits per heavy atom. The third-order valence-corrected chi connectivity index (χ3v) is 3.32. The zero-order chi connectivity index (χ0) is 14.7. The van der Waals surface area contributed by atoms with Crippen LogP contribution in [0.2, 0.25) is 0 Å². The minimum atomic E-state index is -0.758. The van der Waals surface area contributed by atoms with Gasteiger partial charge in [-0.1, -0.05) is 6.92 Å². The number of hydrogen-bond acceptors (Lipinski definition) is 5. The molecule has 0 aromatic heterocycles. The van der Waals surface area contributed by atoms with Gasteiger partial charge in [-0.25, -0.2) is 4.79 Å². The summed E-state index contributed by atoms with van der Waals surface area (Å²) in [5, 5.41) is 0. The Labute approximate surface area is 114 Å². The van der Waals surface area contributed by atoms with Gasteiger partial charge in [0.25, 0.3) is 0 Å². The van der Waals surface area contributed by atoms with E-state index in [9.17, 15) is 9.59 Å². The average molecular weight is 272 g/mol. The van der Waals surface area contributed by atoms with E-state index in [1.54, 1.807) is 13.8 Å². The van der Waals surface area contributed by atoms with Crippen molar-refractivity contribution in [1.82, 2.24) is 0 Å². The summed E-state index contributed by atoms with van der Waals surface area (Å²) in [6, 6.07) is 0. The molecule has 110 valence electrons. The van der Waals surface area contributed by atoms with Crippen LogP contribution in [0.5, 0.6) is 0 Å². The molecule has 5 heteroatoms. The van der Waals surface area contributed by atoms with E-state index in [1.165, 1.54) is 0 Å². The molecular weight excluding hydrogens is 248 g/mol. The van der Waals surface area contributed by atoms with Crippen LogP contribution in [0.1, 0.15) is 47.5 Å². The van der Waals surface area contributed by atoms with Gasteiger partial charge >= 0.3 is 11.9 Å². The van der Waals surface area contributed by atoms with Crippen LogP contribution in [0, 0.1) is 5.41 Å². The zero-order valence-electron chi connectivity index (χ0n) is 12.4. The van der Waals surface area contributed by atoms with Gasteiger partial charge in [0.15, 0.2) is 6.10 Å². The zero-order valence-corrected chi connectivity index (χ0v) is 12.4. The molecule has 0 bridgehead atoms. The molecule has 1 atom stereocenters. The lowest BCUT2D eigenvalue weighted by atomic mass is 9.90. The predicted molar refractivity (Wildman–Crippen MR) is 69.6 cm³/mol. The molecule has 1 heterocycles. The number of cyclic esters (lactones) is 1. The normalized spacial score (nSPS) is 20.3. The molecule has 0 radical (unpaired) electrons. The summed E-state index contributed by atoms with van der Waals surface area (Å²) in [4.78, 5) is 23.3. The molecule has 5 nitrogen and oxygen atoms in total. The second-order valence-electron chi connectivity index (χ2n) is 6.14. The van der Waals surface area contributed by atoms with E-state index in [0.29, 0.717) is 19.4 Å². The maximum absolute atomic E-state index is 12.0. The number of ether oxygens (including phenoxy) is 3. The summed E-state index contributed by atoms with van der Waals surface area (Å²) in [6.45, 7) is 9.76. The lowest BCUT2D eigenvalue weighted by molar-refractivity contribution is -0.176. The molecule has 0 aromatic rings. The monoisotopic (exact) mass is 272 g/mol. The van der Waals surface area contributed by atoms with Crippen LogP contribution in [-0.2, 0) is 23.8 Å². The Kier molecular flexibility index (Phi) is 4.96. The number of rotatable bonds is 6. The smallest absolute Gasteiger partial charge is 0.335 e. The second-order valence-corrected chi connectivity index (χ2v) is 6.14. The molecule has 1 fully saturated rings. The van der Waals surface area contributed by atoms with Crippen LogP contribution in [0.25, 0.3) is 0 Å². The Morgan fingerprint density at radius 3 is 2.47 bits per heavy atom. The molecule has 0 saturated carbocycles. The summed E-state index contributed by atoms with van der Waals surface area (Å²) >= 11 is 0. The van der Waals surface area contributed by atoms with E-state index in [-0.39, 0.29) is 18.5 Å². The van der Waals surface area contributed by atoms with Crippen LogP contribution in [0.3, 0.4) is 0 Å². The van der Waals surface area contributed by atoms with Gasteiger partial charge in [-0.3, -0.25) is 4.79 Å². The molecule has 1 unspecified atom stereocenters. The fourth-order valence-electron chi connectivity index (χ4n) is 1.49. The Bertz CT molecular complexity index is 346. The van der Waals surface area contributed by atoms with Crippen LogP contribution in [0.4, 0.5) is 0 Å². The van der Waals surface area contributed by atoms with E-state index in [2.05, 4.69) is 0 Å². The predicted octanol–water partition coefficient (Wildman–Crippen LogP) is 2.08. The fourth-order valence-corrected chi connectivity index (χ4v) is 1.49. The third kappa shape index (κ3) is 4.49. The summed E-state index contributed by atoms with van der Waals surface area (Å²) in [5.74, 6) is -0.589. The first-order valence-corrected chi connectivity index (χ1v) is 6.69. The van der Waals surface area contributed by atoms with Gasteiger partial charge in [-0.2, -0.15) is 0 Å². The van der Waals surface area contributed by atoms with Gasteiger partial charge in [0.05, 0.1) is 18.6 Å². The number of carbonyl (C=O) groups is 2. The highest BCUT2D eigenvalue weighted by atomic mass is 16.6. The maximum Gasteiger partial charge on any atom is 0.335 e. The van der Waals surface area contributed by atoms with Gasteiger partial charge in [0, 0.05) is 6.42 Å². The first-order chi connectivity index (χ1) is 8.68. The van der Waals surface area contributed by atoms with Crippen molar-refractivity contribution >= 4 is 11.9 Å². The number of esters is 2. The molecule has 1 aliphatic rings. The van der Waals surface area contributed by atoms with E-state index < -0.39 is 17.1 Å². The topological polar surface area (TPSA) is 61.8 Å². The van der Waals surface area contributed by atoms with Gasteiger partial charge in [-0.15, -0.1) is 0 Å². The van der Waals surface area contributed by atoms with Gasteiger partial charge in [-0.05, 0) is 34.1 Å². The third-order valence-electron chi connectivity index (χ3n) is 3.32. The Morgan fingerprint density at radius 2 is 2.00 bits per heavy atom. The summed E-state index contributed by atoms with van der Waals surface area (Å²) < 4.78 is 15.8. The van der Waals surface area contributed by atoms with Crippen molar-refractivity contribution in [2.75, 3.05) is 13.2 Å².